The van der Waals surface area contributed by atoms with Crippen LogP contribution in [0.3, 0.4) is 0 Å². The average molecular weight is 229 g/mol. The molecule has 4 heteroatoms. The Kier molecular flexibility index (Phi) is 13.0. The fourth-order valence-electron chi connectivity index (χ4n) is 1.66. The van der Waals surface area contributed by atoms with E-state index in [-0.39, 0.29) is 24.8 Å². The van der Waals surface area contributed by atoms with Crippen molar-refractivity contribution in [3.63, 3.8) is 0 Å². The summed E-state index contributed by atoms with van der Waals surface area (Å²) in [6.07, 6.45) is 6.69. The van der Waals surface area contributed by atoms with Crippen molar-refractivity contribution in [2.24, 2.45) is 5.73 Å². The Balaban J connectivity index is 0. The van der Waals surface area contributed by atoms with E-state index in [9.17, 15) is 0 Å². The quantitative estimate of drug-likeness (QED) is 0.731. The monoisotopic (exact) mass is 228 g/mol. The third-order valence-electron chi connectivity index (χ3n) is 2.38. The van der Waals surface area contributed by atoms with Crippen molar-refractivity contribution in [2.75, 3.05) is 26.2 Å². The first-order valence-electron chi connectivity index (χ1n) is 4.86. The maximum absolute atomic E-state index is 5.41. The first-order valence-corrected chi connectivity index (χ1v) is 4.86. The number of likely N-dealkylation sites (tertiary alicyclic amines) is 1. The lowest BCUT2D eigenvalue weighted by molar-refractivity contribution is 0.329. The first kappa shape index (κ1) is 15.9. The predicted molar refractivity (Wildman–Crippen MR) is 63.1 cm³/mol. The molecular weight excluding hydrogens is 207 g/mol. The van der Waals surface area contributed by atoms with E-state index in [1.165, 1.54) is 51.7 Å². The van der Waals surface area contributed by atoms with E-state index in [0.717, 1.165) is 6.54 Å². The minimum Gasteiger partial charge on any atom is -0.330 e. The molecule has 0 atom stereocenters. The minimum absolute atomic E-state index is 0. The van der Waals surface area contributed by atoms with E-state index >= 15 is 0 Å². The highest BCUT2D eigenvalue weighted by atomic mass is 35.5. The van der Waals surface area contributed by atoms with Gasteiger partial charge >= 0.3 is 0 Å². The van der Waals surface area contributed by atoms with E-state index < -0.39 is 0 Å². The maximum Gasteiger partial charge on any atom is -0.00183 e. The summed E-state index contributed by atoms with van der Waals surface area (Å²) >= 11 is 0. The summed E-state index contributed by atoms with van der Waals surface area (Å²) in [5, 5.41) is 0. The summed E-state index contributed by atoms with van der Waals surface area (Å²) in [7, 11) is 0. The predicted octanol–water partition coefficient (Wildman–Crippen LogP) is 2.05. The zero-order valence-electron chi connectivity index (χ0n) is 8.21. The second kappa shape index (κ2) is 10.6. The molecule has 1 fully saturated rings. The molecule has 0 aromatic heterocycles. The number of nitrogens with zero attached hydrogens (tertiary/aromatic N) is 1. The molecule has 1 heterocycles. The van der Waals surface area contributed by atoms with Gasteiger partial charge in [-0.05, 0) is 51.9 Å². The molecule has 0 spiro atoms. The van der Waals surface area contributed by atoms with Crippen LogP contribution in [0.2, 0.25) is 0 Å². The fourth-order valence-corrected chi connectivity index (χ4v) is 1.66. The van der Waals surface area contributed by atoms with E-state index in [0.29, 0.717) is 0 Å². The highest BCUT2D eigenvalue weighted by Crippen LogP contribution is 2.08. The van der Waals surface area contributed by atoms with Crippen LogP contribution in [0.5, 0.6) is 0 Å². The van der Waals surface area contributed by atoms with Gasteiger partial charge in [0.2, 0.25) is 0 Å². The molecular formula is C9H22Cl2N2. The van der Waals surface area contributed by atoms with Crippen LogP contribution in [-0.2, 0) is 0 Å². The van der Waals surface area contributed by atoms with Crippen molar-refractivity contribution < 1.29 is 0 Å². The minimum atomic E-state index is 0. The molecule has 0 aromatic carbocycles. The van der Waals surface area contributed by atoms with Gasteiger partial charge in [-0.3, -0.25) is 0 Å². The number of hydrogen-bond acceptors (Lipinski definition) is 2. The SMILES string of the molecule is Cl.Cl.NCCCCCN1CCCC1. The van der Waals surface area contributed by atoms with Gasteiger partial charge in [0.05, 0.1) is 0 Å². The molecule has 13 heavy (non-hydrogen) atoms. The first-order chi connectivity index (χ1) is 5.43. The largest absolute Gasteiger partial charge is 0.330 e. The normalized spacial score (nSPS) is 16.4. The van der Waals surface area contributed by atoms with Gasteiger partial charge in [0, 0.05) is 0 Å². The summed E-state index contributed by atoms with van der Waals surface area (Å²) in [4.78, 5) is 2.57. The van der Waals surface area contributed by atoms with E-state index in [4.69, 9.17) is 5.73 Å². The fraction of sp³-hybridized carbons (Fsp3) is 1.00. The third kappa shape index (κ3) is 7.56. The molecule has 0 saturated carbocycles. The summed E-state index contributed by atoms with van der Waals surface area (Å²) in [5.41, 5.74) is 5.41. The van der Waals surface area contributed by atoms with Crippen LogP contribution in [0.25, 0.3) is 0 Å². The van der Waals surface area contributed by atoms with Gasteiger partial charge in [0.1, 0.15) is 0 Å². The van der Waals surface area contributed by atoms with Crippen molar-refractivity contribution in [1.29, 1.82) is 0 Å². The lowest BCUT2D eigenvalue weighted by Crippen LogP contribution is -2.20. The van der Waals surface area contributed by atoms with Gasteiger partial charge in [-0.1, -0.05) is 6.42 Å². The zero-order valence-corrected chi connectivity index (χ0v) is 9.84. The smallest absolute Gasteiger partial charge is 0.00183 e. The second-order valence-electron chi connectivity index (χ2n) is 3.40. The van der Waals surface area contributed by atoms with Crippen molar-refractivity contribution in [3.8, 4) is 0 Å². The Bertz CT molecular complexity index is 95.6. The molecule has 0 aromatic rings. The van der Waals surface area contributed by atoms with Crippen LogP contribution >= 0.6 is 24.8 Å². The lowest BCUT2D eigenvalue weighted by Gasteiger charge is -2.13. The van der Waals surface area contributed by atoms with E-state index in [1.807, 2.05) is 0 Å². The van der Waals surface area contributed by atoms with Gasteiger partial charge in [-0.15, -0.1) is 24.8 Å². The van der Waals surface area contributed by atoms with Crippen LogP contribution in [0.15, 0.2) is 0 Å². The van der Waals surface area contributed by atoms with Crippen molar-refractivity contribution in [1.82, 2.24) is 4.90 Å². The molecule has 0 bridgehead atoms. The lowest BCUT2D eigenvalue weighted by atomic mass is 10.2. The Morgan fingerprint density at radius 2 is 1.54 bits per heavy atom. The summed E-state index contributed by atoms with van der Waals surface area (Å²) in [6, 6.07) is 0. The molecule has 82 valence electrons. The number of nitrogens with two attached hydrogens (primary N) is 1. The van der Waals surface area contributed by atoms with Crippen molar-refractivity contribution in [2.45, 2.75) is 32.1 Å². The molecule has 0 unspecified atom stereocenters. The van der Waals surface area contributed by atoms with Crippen LogP contribution in [0, 0.1) is 0 Å². The summed E-state index contributed by atoms with van der Waals surface area (Å²) in [5.74, 6) is 0. The van der Waals surface area contributed by atoms with Crippen LogP contribution < -0.4 is 5.73 Å². The molecule has 2 N–H and O–H groups in total. The van der Waals surface area contributed by atoms with Gasteiger partial charge in [-0.25, -0.2) is 0 Å². The number of halogens is 2. The van der Waals surface area contributed by atoms with Crippen LogP contribution in [0.4, 0.5) is 0 Å². The maximum atomic E-state index is 5.41. The van der Waals surface area contributed by atoms with Crippen molar-refractivity contribution in [3.05, 3.63) is 0 Å². The van der Waals surface area contributed by atoms with Crippen LogP contribution in [0.1, 0.15) is 32.1 Å². The summed E-state index contributed by atoms with van der Waals surface area (Å²) in [6.45, 7) is 4.84. The second-order valence-corrected chi connectivity index (χ2v) is 3.40. The van der Waals surface area contributed by atoms with Gasteiger partial charge in [-0.2, -0.15) is 0 Å². The summed E-state index contributed by atoms with van der Waals surface area (Å²) < 4.78 is 0. The Hall–Kier alpha value is 0.500. The number of rotatable bonds is 5. The zero-order chi connectivity index (χ0) is 7.94. The molecule has 1 saturated heterocycles. The standard InChI is InChI=1S/C9H20N2.2ClH/c10-6-2-1-3-7-11-8-4-5-9-11;;/h1-10H2;2*1H. The highest BCUT2D eigenvalue weighted by molar-refractivity contribution is 5.85. The molecule has 2 nitrogen and oxygen atoms in total. The average Bonchev–Trinajstić information content (AvgIpc) is 2.50. The Labute approximate surface area is 94.1 Å². The Morgan fingerprint density at radius 1 is 0.923 bits per heavy atom. The Morgan fingerprint density at radius 3 is 2.08 bits per heavy atom. The number of hydrogen-bond donors (Lipinski definition) is 1. The molecule has 1 aliphatic heterocycles. The number of unbranched alkanes of at least 4 members (excludes halogenated alkanes) is 2. The molecule has 1 aliphatic rings. The van der Waals surface area contributed by atoms with E-state index in [1.54, 1.807) is 0 Å². The third-order valence-corrected chi connectivity index (χ3v) is 2.38. The van der Waals surface area contributed by atoms with Crippen molar-refractivity contribution >= 4 is 24.8 Å². The molecule has 1 rings (SSSR count). The molecule has 0 radical (unpaired) electrons. The molecule has 0 amide bonds. The molecule has 0 aliphatic carbocycles. The van der Waals surface area contributed by atoms with Crippen LogP contribution in [-0.4, -0.2) is 31.1 Å². The topological polar surface area (TPSA) is 29.3 Å². The van der Waals surface area contributed by atoms with E-state index in [2.05, 4.69) is 4.90 Å². The van der Waals surface area contributed by atoms with Gasteiger partial charge in [0.25, 0.3) is 0 Å². The van der Waals surface area contributed by atoms with Gasteiger partial charge in [0.15, 0.2) is 0 Å². The van der Waals surface area contributed by atoms with Gasteiger partial charge < -0.3 is 10.6 Å². The highest BCUT2D eigenvalue weighted by Gasteiger charge is 2.09.